The summed E-state index contributed by atoms with van der Waals surface area (Å²) in [6, 6.07) is 0. The standard InChI is InChI=1S/C10H19F3N2O/c11-10(12,13)1-4-15-8-9(7-14)2-5-16-6-3-9/h15H,1-8,14H2. The summed E-state index contributed by atoms with van der Waals surface area (Å²) in [5, 5.41) is 2.85. The highest BCUT2D eigenvalue weighted by Crippen LogP contribution is 2.28. The largest absolute Gasteiger partial charge is 0.390 e. The quantitative estimate of drug-likeness (QED) is 0.712. The van der Waals surface area contributed by atoms with Crippen LogP contribution in [0.5, 0.6) is 0 Å². The Balaban J connectivity index is 2.23. The van der Waals surface area contributed by atoms with Gasteiger partial charge in [-0.3, -0.25) is 0 Å². The lowest BCUT2D eigenvalue weighted by Gasteiger charge is -2.36. The van der Waals surface area contributed by atoms with Gasteiger partial charge in [-0.05, 0) is 24.8 Å². The molecular weight excluding hydrogens is 221 g/mol. The molecule has 1 rings (SSSR count). The number of nitrogens with one attached hydrogen (secondary N) is 1. The predicted molar refractivity (Wildman–Crippen MR) is 55.1 cm³/mol. The van der Waals surface area contributed by atoms with Gasteiger partial charge >= 0.3 is 6.18 Å². The van der Waals surface area contributed by atoms with Crippen molar-refractivity contribution >= 4 is 0 Å². The lowest BCUT2D eigenvalue weighted by molar-refractivity contribution is -0.133. The Labute approximate surface area is 93.5 Å². The first-order chi connectivity index (χ1) is 7.47. The molecule has 16 heavy (non-hydrogen) atoms. The minimum atomic E-state index is -4.08. The average Bonchev–Trinajstić information content (AvgIpc) is 2.25. The Morgan fingerprint density at radius 2 is 1.88 bits per heavy atom. The molecule has 0 aromatic carbocycles. The van der Waals surface area contributed by atoms with E-state index in [1.54, 1.807) is 0 Å². The maximum absolute atomic E-state index is 11.9. The zero-order chi connectivity index (χ0) is 12.1. The number of rotatable bonds is 5. The molecule has 0 aliphatic carbocycles. The molecule has 6 heteroatoms. The van der Waals surface area contributed by atoms with Crippen LogP contribution in [0.15, 0.2) is 0 Å². The Hall–Kier alpha value is -0.330. The molecule has 1 saturated heterocycles. The second-order valence-electron chi connectivity index (χ2n) is 4.36. The molecule has 0 unspecified atom stereocenters. The molecule has 1 aliphatic rings. The fourth-order valence-corrected chi connectivity index (χ4v) is 1.84. The zero-order valence-electron chi connectivity index (χ0n) is 9.28. The van der Waals surface area contributed by atoms with E-state index in [1.807, 2.05) is 0 Å². The van der Waals surface area contributed by atoms with E-state index in [9.17, 15) is 13.2 Å². The summed E-state index contributed by atoms with van der Waals surface area (Å²) in [7, 11) is 0. The van der Waals surface area contributed by atoms with Crippen molar-refractivity contribution in [1.82, 2.24) is 5.32 Å². The number of hydrogen-bond acceptors (Lipinski definition) is 3. The number of nitrogens with two attached hydrogens (primary N) is 1. The Morgan fingerprint density at radius 1 is 1.25 bits per heavy atom. The molecule has 0 radical (unpaired) electrons. The zero-order valence-corrected chi connectivity index (χ0v) is 9.28. The molecule has 3 nitrogen and oxygen atoms in total. The first kappa shape index (κ1) is 13.7. The van der Waals surface area contributed by atoms with Crippen LogP contribution in [0.2, 0.25) is 0 Å². The molecule has 0 bridgehead atoms. The van der Waals surface area contributed by atoms with Crippen molar-refractivity contribution in [2.24, 2.45) is 11.1 Å². The minimum Gasteiger partial charge on any atom is -0.381 e. The van der Waals surface area contributed by atoms with E-state index >= 15 is 0 Å². The van der Waals surface area contributed by atoms with E-state index in [2.05, 4.69) is 5.32 Å². The van der Waals surface area contributed by atoms with Crippen LogP contribution in [0.3, 0.4) is 0 Å². The van der Waals surface area contributed by atoms with Crippen LogP contribution < -0.4 is 11.1 Å². The van der Waals surface area contributed by atoms with E-state index in [1.165, 1.54) is 0 Å². The first-order valence-electron chi connectivity index (χ1n) is 5.53. The van der Waals surface area contributed by atoms with Gasteiger partial charge in [-0.25, -0.2) is 0 Å². The van der Waals surface area contributed by atoms with Crippen LogP contribution in [0.25, 0.3) is 0 Å². The van der Waals surface area contributed by atoms with E-state index in [4.69, 9.17) is 10.5 Å². The van der Waals surface area contributed by atoms with E-state index in [0.717, 1.165) is 12.8 Å². The van der Waals surface area contributed by atoms with Gasteiger partial charge in [0.25, 0.3) is 0 Å². The number of hydrogen-bond donors (Lipinski definition) is 2. The van der Waals surface area contributed by atoms with Gasteiger partial charge in [0.05, 0.1) is 6.42 Å². The van der Waals surface area contributed by atoms with Crippen LogP contribution >= 0.6 is 0 Å². The summed E-state index contributed by atoms with van der Waals surface area (Å²) < 4.78 is 41.0. The fraction of sp³-hybridized carbons (Fsp3) is 1.00. The van der Waals surface area contributed by atoms with Crippen molar-refractivity contribution in [2.75, 3.05) is 32.8 Å². The summed E-state index contributed by atoms with van der Waals surface area (Å²) >= 11 is 0. The van der Waals surface area contributed by atoms with Crippen LogP contribution in [-0.4, -0.2) is 39.0 Å². The maximum Gasteiger partial charge on any atom is 0.390 e. The third-order valence-corrected chi connectivity index (χ3v) is 3.07. The summed E-state index contributed by atoms with van der Waals surface area (Å²) in [4.78, 5) is 0. The van der Waals surface area contributed by atoms with Gasteiger partial charge in [-0.15, -0.1) is 0 Å². The summed E-state index contributed by atoms with van der Waals surface area (Å²) in [6.07, 6.45) is -3.23. The highest BCUT2D eigenvalue weighted by atomic mass is 19.4. The lowest BCUT2D eigenvalue weighted by atomic mass is 9.80. The van der Waals surface area contributed by atoms with Gasteiger partial charge in [0.15, 0.2) is 0 Å². The highest BCUT2D eigenvalue weighted by Gasteiger charge is 2.31. The smallest absolute Gasteiger partial charge is 0.381 e. The number of ether oxygens (including phenoxy) is 1. The van der Waals surface area contributed by atoms with Crippen molar-refractivity contribution in [3.05, 3.63) is 0 Å². The van der Waals surface area contributed by atoms with Gasteiger partial charge < -0.3 is 15.8 Å². The van der Waals surface area contributed by atoms with Crippen molar-refractivity contribution < 1.29 is 17.9 Å². The van der Waals surface area contributed by atoms with Crippen LogP contribution in [0.4, 0.5) is 13.2 Å². The van der Waals surface area contributed by atoms with E-state index in [-0.39, 0.29) is 12.0 Å². The van der Waals surface area contributed by atoms with E-state index in [0.29, 0.717) is 26.3 Å². The highest BCUT2D eigenvalue weighted by molar-refractivity contribution is 4.85. The first-order valence-corrected chi connectivity index (χ1v) is 5.53. The summed E-state index contributed by atoms with van der Waals surface area (Å²) in [5.41, 5.74) is 5.61. The van der Waals surface area contributed by atoms with Crippen LogP contribution in [0.1, 0.15) is 19.3 Å². The normalized spacial score (nSPS) is 21.0. The van der Waals surface area contributed by atoms with Gasteiger partial charge in [0.2, 0.25) is 0 Å². The molecule has 3 N–H and O–H groups in total. The third-order valence-electron chi connectivity index (χ3n) is 3.07. The topological polar surface area (TPSA) is 47.3 Å². The molecule has 1 heterocycles. The monoisotopic (exact) mass is 240 g/mol. The SMILES string of the molecule is NCC1(CNCCC(F)(F)F)CCOCC1. The van der Waals surface area contributed by atoms with Crippen molar-refractivity contribution in [1.29, 1.82) is 0 Å². The Kier molecular flexibility index (Phi) is 5.01. The van der Waals surface area contributed by atoms with Gasteiger partial charge in [0, 0.05) is 26.3 Å². The molecule has 1 fully saturated rings. The Bertz CT molecular complexity index is 203. The van der Waals surface area contributed by atoms with Crippen molar-refractivity contribution in [2.45, 2.75) is 25.4 Å². The molecule has 0 saturated carbocycles. The van der Waals surface area contributed by atoms with Crippen molar-refractivity contribution in [3.8, 4) is 0 Å². The van der Waals surface area contributed by atoms with Gasteiger partial charge in [-0.2, -0.15) is 13.2 Å². The summed E-state index contributed by atoms with van der Waals surface area (Å²) in [6.45, 7) is 2.31. The molecule has 96 valence electrons. The van der Waals surface area contributed by atoms with Gasteiger partial charge in [-0.1, -0.05) is 0 Å². The predicted octanol–water partition coefficient (Wildman–Crippen LogP) is 1.28. The summed E-state index contributed by atoms with van der Waals surface area (Å²) in [5.74, 6) is 0. The number of halogens is 3. The molecule has 1 aliphatic heterocycles. The third kappa shape index (κ3) is 4.67. The molecular formula is C10H19F3N2O. The number of alkyl halides is 3. The van der Waals surface area contributed by atoms with Crippen LogP contribution in [0, 0.1) is 5.41 Å². The molecule has 0 spiro atoms. The molecule has 0 aromatic heterocycles. The van der Waals surface area contributed by atoms with Crippen LogP contribution in [-0.2, 0) is 4.74 Å². The second kappa shape index (κ2) is 5.84. The Morgan fingerprint density at radius 3 is 2.38 bits per heavy atom. The molecule has 0 atom stereocenters. The lowest BCUT2D eigenvalue weighted by Crippen LogP contribution is -2.45. The van der Waals surface area contributed by atoms with Gasteiger partial charge in [0.1, 0.15) is 0 Å². The average molecular weight is 240 g/mol. The maximum atomic E-state index is 11.9. The van der Waals surface area contributed by atoms with E-state index < -0.39 is 12.6 Å². The minimum absolute atomic E-state index is 0.0356. The second-order valence-corrected chi connectivity index (χ2v) is 4.36. The van der Waals surface area contributed by atoms with Crippen molar-refractivity contribution in [3.63, 3.8) is 0 Å². The fourth-order valence-electron chi connectivity index (χ4n) is 1.84. The molecule has 0 aromatic rings. The molecule has 0 amide bonds.